The standard InChI is InChI=1S/C6H14N2S2/c1-7-3-5-8(6-4-7)10-9-2/h3-6H2,1-2H3. The fourth-order valence-corrected chi connectivity index (χ4v) is 2.57. The van der Waals surface area contributed by atoms with Gasteiger partial charge in [0.1, 0.15) is 0 Å². The molecule has 0 unspecified atom stereocenters. The summed E-state index contributed by atoms with van der Waals surface area (Å²) in [5, 5.41) is 0. The van der Waals surface area contributed by atoms with Gasteiger partial charge in [0.2, 0.25) is 0 Å². The van der Waals surface area contributed by atoms with E-state index in [-0.39, 0.29) is 0 Å². The summed E-state index contributed by atoms with van der Waals surface area (Å²) in [5.74, 6) is 0. The van der Waals surface area contributed by atoms with Gasteiger partial charge in [0.05, 0.1) is 0 Å². The average Bonchev–Trinajstić information content (AvgIpc) is 1.95. The van der Waals surface area contributed by atoms with Crippen LogP contribution in [-0.2, 0) is 0 Å². The molecule has 0 spiro atoms. The molecule has 0 aliphatic carbocycles. The zero-order valence-corrected chi connectivity index (χ0v) is 8.17. The van der Waals surface area contributed by atoms with Crippen LogP contribution in [0.25, 0.3) is 0 Å². The summed E-state index contributed by atoms with van der Waals surface area (Å²) in [5.41, 5.74) is 0. The zero-order chi connectivity index (χ0) is 7.40. The van der Waals surface area contributed by atoms with Crippen LogP contribution in [0.5, 0.6) is 0 Å². The Kier molecular flexibility index (Phi) is 3.91. The van der Waals surface area contributed by atoms with E-state index in [1.807, 2.05) is 21.8 Å². The predicted octanol–water partition coefficient (Wildman–Crippen LogP) is 1.16. The van der Waals surface area contributed by atoms with Gasteiger partial charge >= 0.3 is 0 Å². The number of nitrogens with zero attached hydrogens (tertiary/aromatic N) is 2. The Morgan fingerprint density at radius 1 is 1.10 bits per heavy atom. The number of hydrogen-bond donors (Lipinski definition) is 0. The molecule has 0 N–H and O–H groups in total. The predicted molar refractivity (Wildman–Crippen MR) is 50.2 cm³/mol. The van der Waals surface area contributed by atoms with Gasteiger partial charge in [-0.3, -0.25) is 0 Å². The Bertz CT molecular complexity index is 91.7. The van der Waals surface area contributed by atoms with E-state index >= 15 is 0 Å². The van der Waals surface area contributed by atoms with Gasteiger partial charge in [-0.1, -0.05) is 10.8 Å². The third kappa shape index (κ3) is 2.70. The lowest BCUT2D eigenvalue weighted by atomic mass is 10.4. The van der Waals surface area contributed by atoms with Crippen molar-refractivity contribution in [2.75, 3.05) is 39.5 Å². The van der Waals surface area contributed by atoms with E-state index in [2.05, 4.69) is 22.5 Å². The normalized spacial score (nSPS) is 23.4. The minimum Gasteiger partial charge on any atom is -0.304 e. The number of likely N-dealkylation sites (N-methyl/N-ethyl adjacent to an activating group) is 1. The molecule has 0 aromatic heterocycles. The summed E-state index contributed by atoms with van der Waals surface area (Å²) in [6, 6.07) is 0. The minimum atomic E-state index is 1.21. The summed E-state index contributed by atoms with van der Waals surface area (Å²) in [4.78, 5) is 2.37. The number of rotatable bonds is 2. The molecule has 0 aromatic rings. The van der Waals surface area contributed by atoms with Gasteiger partial charge in [-0.2, -0.15) is 0 Å². The lowest BCUT2D eigenvalue weighted by molar-refractivity contribution is 0.235. The molecule has 0 atom stereocenters. The summed E-state index contributed by atoms with van der Waals surface area (Å²) in [6.45, 7) is 4.85. The zero-order valence-electron chi connectivity index (χ0n) is 6.54. The van der Waals surface area contributed by atoms with Crippen LogP contribution in [-0.4, -0.2) is 48.7 Å². The molecule has 60 valence electrons. The van der Waals surface area contributed by atoms with E-state index in [0.717, 1.165) is 0 Å². The van der Waals surface area contributed by atoms with Crippen molar-refractivity contribution >= 4 is 21.8 Å². The van der Waals surface area contributed by atoms with Gasteiger partial charge in [-0.15, -0.1) is 0 Å². The first kappa shape index (κ1) is 8.71. The molecule has 0 radical (unpaired) electrons. The van der Waals surface area contributed by atoms with Crippen molar-refractivity contribution in [3.8, 4) is 0 Å². The van der Waals surface area contributed by atoms with E-state index in [1.165, 1.54) is 26.2 Å². The molecule has 1 rings (SSSR count). The third-order valence-corrected chi connectivity index (χ3v) is 3.45. The van der Waals surface area contributed by atoms with Crippen LogP contribution in [0.1, 0.15) is 0 Å². The second-order valence-electron chi connectivity index (χ2n) is 2.47. The lowest BCUT2D eigenvalue weighted by Crippen LogP contribution is -2.40. The molecule has 0 saturated carbocycles. The fourth-order valence-electron chi connectivity index (χ4n) is 0.968. The Labute approximate surface area is 70.9 Å². The van der Waals surface area contributed by atoms with Gasteiger partial charge < -0.3 is 4.90 Å². The summed E-state index contributed by atoms with van der Waals surface area (Å²) in [6.07, 6.45) is 2.13. The molecule has 1 aliphatic heterocycles. The van der Waals surface area contributed by atoms with Gasteiger partial charge in [0.15, 0.2) is 0 Å². The molecule has 0 bridgehead atoms. The maximum absolute atomic E-state index is 2.42. The van der Waals surface area contributed by atoms with E-state index in [1.54, 1.807) is 0 Å². The highest BCUT2D eigenvalue weighted by Gasteiger charge is 2.12. The van der Waals surface area contributed by atoms with E-state index < -0.39 is 0 Å². The molecule has 2 nitrogen and oxygen atoms in total. The van der Waals surface area contributed by atoms with Gasteiger partial charge in [-0.05, 0) is 24.3 Å². The second kappa shape index (κ2) is 4.49. The van der Waals surface area contributed by atoms with Crippen molar-refractivity contribution < 1.29 is 0 Å². The summed E-state index contributed by atoms with van der Waals surface area (Å²) in [7, 11) is 5.89. The summed E-state index contributed by atoms with van der Waals surface area (Å²) < 4.78 is 2.42. The van der Waals surface area contributed by atoms with Crippen molar-refractivity contribution in [2.24, 2.45) is 0 Å². The maximum Gasteiger partial charge on any atom is 0.0226 e. The highest BCUT2D eigenvalue weighted by Crippen LogP contribution is 2.23. The molecule has 1 aliphatic rings. The number of piperazine rings is 1. The van der Waals surface area contributed by atoms with Crippen molar-refractivity contribution in [1.29, 1.82) is 0 Å². The quantitative estimate of drug-likeness (QED) is 0.462. The minimum absolute atomic E-state index is 1.21. The van der Waals surface area contributed by atoms with E-state index in [0.29, 0.717) is 0 Å². The molecule has 0 amide bonds. The lowest BCUT2D eigenvalue weighted by Gasteiger charge is -2.30. The Morgan fingerprint density at radius 2 is 1.70 bits per heavy atom. The second-order valence-corrected chi connectivity index (χ2v) is 4.92. The molecular formula is C6H14N2S2. The Balaban J connectivity index is 2.13. The van der Waals surface area contributed by atoms with Crippen LogP contribution in [0.3, 0.4) is 0 Å². The Hall–Kier alpha value is 0.620. The summed E-state index contributed by atoms with van der Waals surface area (Å²) >= 11 is 0. The molecule has 4 heteroatoms. The molecule has 1 fully saturated rings. The van der Waals surface area contributed by atoms with Crippen LogP contribution < -0.4 is 0 Å². The van der Waals surface area contributed by atoms with Crippen LogP contribution in [0.4, 0.5) is 0 Å². The Morgan fingerprint density at radius 3 is 2.20 bits per heavy atom. The van der Waals surface area contributed by atoms with Crippen molar-refractivity contribution in [3.05, 3.63) is 0 Å². The van der Waals surface area contributed by atoms with Crippen molar-refractivity contribution in [3.63, 3.8) is 0 Å². The highest BCUT2D eigenvalue weighted by atomic mass is 33.1. The molecule has 10 heavy (non-hydrogen) atoms. The first-order chi connectivity index (χ1) is 4.83. The number of hydrogen-bond acceptors (Lipinski definition) is 4. The van der Waals surface area contributed by atoms with Crippen LogP contribution in [0.15, 0.2) is 0 Å². The topological polar surface area (TPSA) is 6.48 Å². The van der Waals surface area contributed by atoms with Crippen molar-refractivity contribution in [2.45, 2.75) is 0 Å². The van der Waals surface area contributed by atoms with Crippen LogP contribution in [0.2, 0.25) is 0 Å². The van der Waals surface area contributed by atoms with E-state index in [9.17, 15) is 0 Å². The third-order valence-electron chi connectivity index (χ3n) is 1.64. The molecule has 1 saturated heterocycles. The fraction of sp³-hybridized carbons (Fsp3) is 1.00. The van der Waals surface area contributed by atoms with Gasteiger partial charge in [0, 0.05) is 26.2 Å². The monoisotopic (exact) mass is 178 g/mol. The van der Waals surface area contributed by atoms with Crippen LogP contribution in [0, 0.1) is 0 Å². The SMILES string of the molecule is CSSN1CCN(C)CC1. The maximum atomic E-state index is 2.42. The molecule has 0 aromatic carbocycles. The first-order valence-electron chi connectivity index (χ1n) is 3.47. The average molecular weight is 178 g/mol. The smallest absolute Gasteiger partial charge is 0.0226 e. The van der Waals surface area contributed by atoms with Crippen LogP contribution >= 0.6 is 21.8 Å². The first-order valence-corrected chi connectivity index (χ1v) is 5.98. The van der Waals surface area contributed by atoms with E-state index in [4.69, 9.17) is 0 Å². The largest absolute Gasteiger partial charge is 0.304 e. The van der Waals surface area contributed by atoms with Crippen molar-refractivity contribution in [1.82, 2.24) is 9.21 Å². The van der Waals surface area contributed by atoms with Gasteiger partial charge in [-0.25, -0.2) is 4.31 Å². The highest BCUT2D eigenvalue weighted by molar-refractivity contribution is 8.75. The molecule has 1 heterocycles. The molecular weight excluding hydrogens is 164 g/mol. The van der Waals surface area contributed by atoms with Gasteiger partial charge in [0.25, 0.3) is 0 Å².